The Balaban J connectivity index is 1.59. The number of aromatic nitrogens is 3. The first-order chi connectivity index (χ1) is 13.2. The number of nitrogens with zero attached hydrogens (tertiary/aromatic N) is 3. The molecule has 3 aromatic rings. The number of methoxy groups -OCH3 is 2. The van der Waals surface area contributed by atoms with Crippen LogP contribution in [-0.2, 0) is 29.0 Å². The Hall–Kier alpha value is -2.93. The van der Waals surface area contributed by atoms with Gasteiger partial charge in [0.2, 0.25) is 5.91 Å². The normalized spacial score (nSPS) is 10.9. The first kappa shape index (κ1) is 18.8. The second kappa shape index (κ2) is 9.14. The van der Waals surface area contributed by atoms with E-state index in [4.69, 9.17) is 9.47 Å². The third-order valence-corrected chi connectivity index (χ3v) is 4.35. The van der Waals surface area contributed by atoms with E-state index in [9.17, 15) is 4.79 Å². The van der Waals surface area contributed by atoms with Crippen LogP contribution in [0.25, 0.3) is 11.2 Å². The second-order valence-corrected chi connectivity index (χ2v) is 6.14. The monoisotopic (exact) mass is 368 g/mol. The first-order valence-electron chi connectivity index (χ1n) is 8.90. The lowest BCUT2D eigenvalue weighted by Gasteiger charge is -2.09. The summed E-state index contributed by atoms with van der Waals surface area (Å²) in [7, 11) is 3.30. The molecule has 2 aromatic heterocycles. The zero-order valence-electron chi connectivity index (χ0n) is 15.6. The van der Waals surface area contributed by atoms with Gasteiger partial charge in [0.25, 0.3) is 0 Å². The smallest absolute Gasteiger partial charge is 0.220 e. The van der Waals surface area contributed by atoms with E-state index in [1.54, 1.807) is 20.4 Å². The van der Waals surface area contributed by atoms with Gasteiger partial charge in [-0.15, -0.1) is 0 Å². The molecule has 0 saturated heterocycles. The maximum Gasteiger partial charge on any atom is 0.220 e. The molecule has 1 amide bonds. The maximum absolute atomic E-state index is 12.2. The van der Waals surface area contributed by atoms with Crippen LogP contribution in [0.2, 0.25) is 0 Å². The van der Waals surface area contributed by atoms with Gasteiger partial charge < -0.3 is 19.4 Å². The van der Waals surface area contributed by atoms with Crippen LogP contribution in [0.15, 0.2) is 42.6 Å². The number of hydrogen-bond acceptors (Lipinski definition) is 5. The summed E-state index contributed by atoms with van der Waals surface area (Å²) in [6.45, 7) is 1.56. The SMILES string of the molecule is COCCn1c(CNC(=O)CCc2ccc(OC)cc2)nc2cccnc21. The van der Waals surface area contributed by atoms with E-state index in [0.717, 1.165) is 28.3 Å². The fourth-order valence-corrected chi connectivity index (χ4v) is 2.87. The van der Waals surface area contributed by atoms with Crippen molar-refractivity contribution < 1.29 is 14.3 Å². The highest BCUT2D eigenvalue weighted by molar-refractivity contribution is 5.76. The average Bonchev–Trinajstić information content (AvgIpc) is 3.07. The van der Waals surface area contributed by atoms with Crippen LogP contribution >= 0.6 is 0 Å². The molecule has 0 atom stereocenters. The molecule has 27 heavy (non-hydrogen) atoms. The molecule has 0 radical (unpaired) electrons. The minimum absolute atomic E-state index is 0.0101. The average molecular weight is 368 g/mol. The molecular formula is C20H24N4O3. The Kier molecular flexibility index (Phi) is 6.38. The van der Waals surface area contributed by atoms with Crippen LogP contribution in [0.4, 0.5) is 0 Å². The molecule has 2 heterocycles. The quantitative estimate of drug-likeness (QED) is 0.627. The standard InChI is InChI=1S/C20H24N4O3/c1-26-13-12-24-18(23-17-4-3-11-21-20(17)24)14-22-19(25)10-7-15-5-8-16(27-2)9-6-15/h3-6,8-9,11H,7,10,12-14H2,1-2H3,(H,22,25). The van der Waals surface area contributed by atoms with Crippen LogP contribution in [0.1, 0.15) is 17.8 Å². The van der Waals surface area contributed by atoms with Gasteiger partial charge in [-0.3, -0.25) is 4.79 Å². The Bertz CT molecular complexity index is 890. The number of fused-ring (bicyclic) bond motifs is 1. The van der Waals surface area contributed by atoms with Gasteiger partial charge in [0, 0.05) is 26.3 Å². The number of nitrogens with one attached hydrogen (secondary N) is 1. The van der Waals surface area contributed by atoms with Crippen molar-refractivity contribution in [1.29, 1.82) is 0 Å². The van der Waals surface area contributed by atoms with Gasteiger partial charge >= 0.3 is 0 Å². The number of hydrogen-bond donors (Lipinski definition) is 1. The van der Waals surface area contributed by atoms with Gasteiger partial charge in [0.1, 0.15) is 17.1 Å². The summed E-state index contributed by atoms with van der Waals surface area (Å²) in [4.78, 5) is 21.2. The van der Waals surface area contributed by atoms with Gasteiger partial charge in [-0.25, -0.2) is 9.97 Å². The number of benzene rings is 1. The molecular weight excluding hydrogens is 344 g/mol. The van der Waals surface area contributed by atoms with Crippen LogP contribution in [0, 0.1) is 0 Å². The van der Waals surface area contributed by atoms with E-state index < -0.39 is 0 Å². The van der Waals surface area contributed by atoms with Crippen molar-refractivity contribution in [2.24, 2.45) is 0 Å². The minimum atomic E-state index is -0.0101. The Morgan fingerprint density at radius 1 is 1.19 bits per heavy atom. The summed E-state index contributed by atoms with van der Waals surface area (Å²) in [6.07, 6.45) is 2.84. The van der Waals surface area contributed by atoms with Crippen LogP contribution in [-0.4, -0.2) is 41.3 Å². The minimum Gasteiger partial charge on any atom is -0.497 e. The largest absolute Gasteiger partial charge is 0.497 e. The predicted octanol–water partition coefficient (Wildman–Crippen LogP) is 2.34. The first-order valence-corrected chi connectivity index (χ1v) is 8.90. The molecule has 142 valence electrons. The van der Waals surface area contributed by atoms with Crippen molar-refractivity contribution in [2.45, 2.75) is 25.9 Å². The number of amides is 1. The molecule has 7 nitrogen and oxygen atoms in total. The fraction of sp³-hybridized carbons (Fsp3) is 0.350. The number of carbonyl (C=O) groups is 1. The molecule has 1 aromatic carbocycles. The molecule has 0 fully saturated rings. The summed E-state index contributed by atoms with van der Waals surface area (Å²) in [5.41, 5.74) is 2.72. The van der Waals surface area contributed by atoms with Crippen molar-refractivity contribution in [3.63, 3.8) is 0 Å². The predicted molar refractivity (Wildman–Crippen MR) is 103 cm³/mol. The van der Waals surface area contributed by atoms with Crippen LogP contribution in [0.3, 0.4) is 0 Å². The molecule has 0 aliphatic heterocycles. The van der Waals surface area contributed by atoms with Crippen LogP contribution in [0.5, 0.6) is 5.75 Å². The van der Waals surface area contributed by atoms with E-state index in [0.29, 0.717) is 32.5 Å². The highest BCUT2D eigenvalue weighted by Crippen LogP contribution is 2.14. The lowest BCUT2D eigenvalue weighted by atomic mass is 10.1. The Morgan fingerprint density at radius 2 is 2.00 bits per heavy atom. The van der Waals surface area contributed by atoms with Gasteiger partial charge in [-0.2, -0.15) is 0 Å². The summed E-state index contributed by atoms with van der Waals surface area (Å²) in [5.74, 6) is 1.58. The third kappa shape index (κ3) is 4.83. The molecule has 3 rings (SSSR count). The molecule has 0 spiro atoms. The zero-order chi connectivity index (χ0) is 19.1. The van der Waals surface area contributed by atoms with Crippen molar-refractivity contribution in [2.75, 3.05) is 20.8 Å². The lowest BCUT2D eigenvalue weighted by molar-refractivity contribution is -0.121. The van der Waals surface area contributed by atoms with E-state index in [1.165, 1.54) is 0 Å². The van der Waals surface area contributed by atoms with Crippen molar-refractivity contribution in [3.05, 3.63) is 54.0 Å². The molecule has 1 N–H and O–H groups in total. The number of carbonyl (C=O) groups excluding carboxylic acids is 1. The highest BCUT2D eigenvalue weighted by atomic mass is 16.5. The molecule has 0 bridgehead atoms. The van der Waals surface area contributed by atoms with Gasteiger partial charge in [0.15, 0.2) is 5.65 Å². The van der Waals surface area contributed by atoms with E-state index >= 15 is 0 Å². The summed E-state index contributed by atoms with van der Waals surface area (Å²) < 4.78 is 12.3. The topological polar surface area (TPSA) is 78.3 Å². The molecule has 0 saturated carbocycles. The summed E-state index contributed by atoms with van der Waals surface area (Å²) in [5, 5.41) is 2.95. The molecule has 0 aliphatic rings. The third-order valence-electron chi connectivity index (χ3n) is 4.35. The molecule has 0 aliphatic carbocycles. The number of rotatable bonds is 9. The highest BCUT2D eigenvalue weighted by Gasteiger charge is 2.12. The van der Waals surface area contributed by atoms with Crippen molar-refractivity contribution in [1.82, 2.24) is 19.9 Å². The van der Waals surface area contributed by atoms with E-state index in [-0.39, 0.29) is 5.91 Å². The van der Waals surface area contributed by atoms with Gasteiger partial charge in [-0.1, -0.05) is 12.1 Å². The Morgan fingerprint density at radius 3 is 2.74 bits per heavy atom. The lowest BCUT2D eigenvalue weighted by Crippen LogP contribution is -2.25. The summed E-state index contributed by atoms with van der Waals surface area (Å²) >= 11 is 0. The molecule has 7 heteroatoms. The van der Waals surface area contributed by atoms with E-state index in [1.807, 2.05) is 41.0 Å². The van der Waals surface area contributed by atoms with Gasteiger partial charge in [-0.05, 0) is 36.2 Å². The summed E-state index contributed by atoms with van der Waals surface area (Å²) in [6, 6.07) is 11.5. The van der Waals surface area contributed by atoms with Gasteiger partial charge in [0.05, 0.1) is 20.3 Å². The fourth-order valence-electron chi connectivity index (χ4n) is 2.87. The van der Waals surface area contributed by atoms with E-state index in [2.05, 4.69) is 15.3 Å². The zero-order valence-corrected chi connectivity index (χ0v) is 15.6. The van der Waals surface area contributed by atoms with Crippen LogP contribution < -0.4 is 10.1 Å². The second-order valence-electron chi connectivity index (χ2n) is 6.14. The Labute approximate surface area is 158 Å². The number of pyridine rings is 1. The maximum atomic E-state index is 12.2. The van der Waals surface area contributed by atoms with Crippen molar-refractivity contribution >= 4 is 17.1 Å². The van der Waals surface area contributed by atoms with Crippen molar-refractivity contribution in [3.8, 4) is 5.75 Å². The molecule has 0 unspecified atom stereocenters. The number of ether oxygens (including phenoxy) is 2. The number of imidazole rings is 1. The number of aryl methyl sites for hydroxylation is 1.